The number of aromatic nitrogens is 3. The Bertz CT molecular complexity index is 1160. The van der Waals surface area contributed by atoms with Gasteiger partial charge in [-0.25, -0.2) is 0 Å². The number of benzene rings is 1. The normalized spacial score (nSPS) is 29.3. The number of hydrogen-bond donors (Lipinski definition) is 1. The van der Waals surface area contributed by atoms with Gasteiger partial charge in [0.05, 0.1) is 24.6 Å². The zero-order chi connectivity index (χ0) is 24.2. The number of aryl methyl sites for hydroxylation is 1. The maximum atomic E-state index is 13.5. The Balaban J connectivity index is 0.985. The molecule has 9 nitrogen and oxygen atoms in total. The van der Waals surface area contributed by atoms with E-state index < -0.39 is 0 Å². The van der Waals surface area contributed by atoms with Crippen LogP contribution in [0.1, 0.15) is 58.9 Å². The van der Waals surface area contributed by atoms with E-state index in [9.17, 15) is 9.59 Å². The number of ether oxygens (including phenoxy) is 2. The van der Waals surface area contributed by atoms with Crippen LogP contribution in [0.4, 0.5) is 0 Å². The maximum absolute atomic E-state index is 13.5. The van der Waals surface area contributed by atoms with Crippen LogP contribution in [0.25, 0.3) is 0 Å². The van der Waals surface area contributed by atoms with Crippen LogP contribution >= 0.6 is 0 Å². The molecule has 3 aliphatic heterocycles. The number of H-pyrrole nitrogens is 1. The summed E-state index contributed by atoms with van der Waals surface area (Å²) in [5.41, 5.74) is 3.94. The molecule has 0 radical (unpaired) electrons. The Morgan fingerprint density at radius 2 is 1.83 bits per heavy atom. The molecule has 1 saturated carbocycles. The van der Waals surface area contributed by atoms with Crippen LogP contribution in [0.3, 0.4) is 0 Å². The first kappa shape index (κ1) is 22.3. The standard InChI is InChI=1S/C27H33N5O4/c33-26(17-4-6-25(22(9-17)16-1-2-16)36-21-7-8-35-15-21)31-11-19-13-32(14-20(19)12-31)27(34)18-3-5-23-24(10-18)29-30-28-23/h4,6,9,16,18-21H,1-3,5,7-8,10-15H2,(H,28,29,30)/t18-,19-,20-,21?/m1/s1. The van der Waals surface area contributed by atoms with Crippen molar-refractivity contribution in [3.05, 3.63) is 40.7 Å². The number of amides is 2. The minimum absolute atomic E-state index is 0.00321. The average molecular weight is 492 g/mol. The van der Waals surface area contributed by atoms with Crippen molar-refractivity contribution < 1.29 is 19.1 Å². The van der Waals surface area contributed by atoms with E-state index in [1.54, 1.807) is 0 Å². The maximum Gasteiger partial charge on any atom is 0.253 e. The van der Waals surface area contributed by atoms with E-state index in [-0.39, 0.29) is 23.8 Å². The molecule has 190 valence electrons. The predicted octanol–water partition coefficient (Wildman–Crippen LogP) is 2.19. The molecule has 4 heterocycles. The van der Waals surface area contributed by atoms with Crippen LogP contribution in [0.2, 0.25) is 0 Å². The summed E-state index contributed by atoms with van der Waals surface area (Å²) in [6.07, 6.45) is 5.71. The highest BCUT2D eigenvalue weighted by atomic mass is 16.5. The van der Waals surface area contributed by atoms with E-state index in [1.807, 2.05) is 21.9 Å². The van der Waals surface area contributed by atoms with Crippen LogP contribution in [0, 0.1) is 17.8 Å². The van der Waals surface area contributed by atoms with Gasteiger partial charge in [-0.15, -0.1) is 5.10 Å². The van der Waals surface area contributed by atoms with Crippen LogP contribution in [0.15, 0.2) is 18.2 Å². The molecule has 5 aliphatic rings. The molecule has 9 heteroatoms. The third kappa shape index (κ3) is 4.07. The van der Waals surface area contributed by atoms with E-state index in [1.165, 1.54) is 5.56 Å². The van der Waals surface area contributed by atoms with Crippen molar-refractivity contribution in [3.8, 4) is 5.75 Å². The number of fused-ring (bicyclic) bond motifs is 2. The van der Waals surface area contributed by atoms with Crippen molar-refractivity contribution in [3.63, 3.8) is 0 Å². The lowest BCUT2D eigenvalue weighted by molar-refractivity contribution is -0.135. The first-order valence-electron chi connectivity index (χ1n) is 13.5. The quantitative estimate of drug-likeness (QED) is 0.688. The molecular formula is C27H33N5O4. The van der Waals surface area contributed by atoms with Crippen molar-refractivity contribution in [1.82, 2.24) is 25.2 Å². The van der Waals surface area contributed by atoms with Gasteiger partial charge in [-0.2, -0.15) is 0 Å². The zero-order valence-electron chi connectivity index (χ0n) is 20.5. The summed E-state index contributed by atoms with van der Waals surface area (Å²) in [5.74, 6) is 2.47. The van der Waals surface area contributed by atoms with E-state index in [2.05, 4.69) is 21.5 Å². The molecule has 4 fully saturated rings. The topological polar surface area (TPSA) is 101 Å². The Morgan fingerprint density at radius 1 is 1.03 bits per heavy atom. The Kier molecular flexibility index (Phi) is 5.49. The first-order valence-corrected chi connectivity index (χ1v) is 13.5. The zero-order valence-corrected chi connectivity index (χ0v) is 20.5. The third-order valence-corrected chi connectivity index (χ3v) is 8.78. The van der Waals surface area contributed by atoms with Crippen LogP contribution in [-0.4, -0.2) is 82.5 Å². The molecule has 36 heavy (non-hydrogen) atoms. The molecule has 1 aromatic heterocycles. The van der Waals surface area contributed by atoms with Gasteiger partial charge in [0.1, 0.15) is 11.9 Å². The molecule has 4 atom stereocenters. The van der Waals surface area contributed by atoms with E-state index in [0.29, 0.717) is 30.8 Å². The predicted molar refractivity (Wildman–Crippen MR) is 130 cm³/mol. The van der Waals surface area contributed by atoms with E-state index in [4.69, 9.17) is 9.47 Å². The molecule has 2 aromatic rings. The number of carbonyl (C=O) groups is 2. The van der Waals surface area contributed by atoms with Gasteiger partial charge in [-0.1, -0.05) is 5.21 Å². The lowest BCUT2D eigenvalue weighted by Gasteiger charge is -2.27. The van der Waals surface area contributed by atoms with Crippen molar-refractivity contribution in [2.75, 3.05) is 39.4 Å². The lowest BCUT2D eigenvalue weighted by Crippen LogP contribution is -2.40. The summed E-state index contributed by atoms with van der Waals surface area (Å²) in [6, 6.07) is 5.97. The minimum Gasteiger partial charge on any atom is -0.488 e. The van der Waals surface area contributed by atoms with Gasteiger partial charge in [-0.3, -0.25) is 14.7 Å². The Labute approximate surface area is 210 Å². The number of likely N-dealkylation sites (tertiary alicyclic amines) is 2. The fourth-order valence-electron chi connectivity index (χ4n) is 6.57. The van der Waals surface area contributed by atoms with Gasteiger partial charge < -0.3 is 19.3 Å². The summed E-state index contributed by atoms with van der Waals surface area (Å²) in [7, 11) is 0. The number of aromatic amines is 1. The molecular weight excluding hydrogens is 458 g/mol. The number of nitrogens with one attached hydrogen (secondary N) is 1. The smallest absolute Gasteiger partial charge is 0.253 e. The van der Waals surface area contributed by atoms with E-state index >= 15 is 0 Å². The van der Waals surface area contributed by atoms with Gasteiger partial charge in [0.2, 0.25) is 5.91 Å². The van der Waals surface area contributed by atoms with Crippen molar-refractivity contribution in [2.24, 2.45) is 17.8 Å². The van der Waals surface area contributed by atoms with Gasteiger partial charge in [0, 0.05) is 62.3 Å². The molecule has 1 N–H and O–H groups in total. The summed E-state index contributed by atoms with van der Waals surface area (Å²) in [5, 5.41) is 11.0. The fraction of sp³-hybridized carbons (Fsp3) is 0.630. The van der Waals surface area contributed by atoms with Gasteiger partial charge >= 0.3 is 0 Å². The van der Waals surface area contributed by atoms with Crippen LogP contribution in [0.5, 0.6) is 5.75 Å². The Morgan fingerprint density at radius 3 is 2.58 bits per heavy atom. The third-order valence-electron chi connectivity index (χ3n) is 8.78. The second kappa shape index (κ2) is 8.87. The molecule has 2 aliphatic carbocycles. The largest absolute Gasteiger partial charge is 0.488 e. The lowest BCUT2D eigenvalue weighted by atomic mass is 9.89. The van der Waals surface area contributed by atoms with Gasteiger partial charge in [0.25, 0.3) is 5.91 Å². The molecule has 1 unspecified atom stereocenters. The fourth-order valence-corrected chi connectivity index (χ4v) is 6.57. The summed E-state index contributed by atoms with van der Waals surface area (Å²) in [4.78, 5) is 30.7. The summed E-state index contributed by atoms with van der Waals surface area (Å²) in [6.45, 7) is 4.34. The Hall–Kier alpha value is -2.94. The van der Waals surface area contributed by atoms with E-state index in [0.717, 1.165) is 87.6 Å². The second-order valence-electron chi connectivity index (χ2n) is 11.3. The molecule has 0 spiro atoms. The number of carbonyl (C=O) groups excluding carboxylic acids is 2. The SMILES string of the molecule is O=C(c1ccc(OC2CCOC2)c(C2CC2)c1)N1C[C@@H]2CN(C(=O)[C@@H]3CCc4[nH]nnc4C3)C[C@H]2C1. The average Bonchev–Trinajstić information content (AvgIpc) is 3.27. The van der Waals surface area contributed by atoms with Crippen molar-refractivity contribution >= 4 is 11.8 Å². The van der Waals surface area contributed by atoms with Crippen molar-refractivity contribution in [1.29, 1.82) is 0 Å². The van der Waals surface area contributed by atoms with Crippen LogP contribution < -0.4 is 4.74 Å². The highest BCUT2D eigenvalue weighted by Crippen LogP contribution is 2.45. The molecule has 2 amide bonds. The monoisotopic (exact) mass is 491 g/mol. The summed E-state index contributed by atoms with van der Waals surface area (Å²) < 4.78 is 11.7. The van der Waals surface area contributed by atoms with Crippen molar-refractivity contribution in [2.45, 2.75) is 50.5 Å². The molecule has 7 rings (SSSR count). The summed E-state index contributed by atoms with van der Waals surface area (Å²) >= 11 is 0. The minimum atomic E-state index is -0.00321. The first-order chi connectivity index (χ1) is 17.6. The number of rotatable bonds is 5. The highest BCUT2D eigenvalue weighted by Gasteiger charge is 2.44. The van der Waals surface area contributed by atoms with Gasteiger partial charge in [0.15, 0.2) is 0 Å². The van der Waals surface area contributed by atoms with Crippen LogP contribution in [-0.2, 0) is 22.4 Å². The van der Waals surface area contributed by atoms with Gasteiger partial charge in [-0.05, 0) is 55.4 Å². The number of nitrogens with zero attached hydrogens (tertiary/aromatic N) is 4. The molecule has 3 saturated heterocycles. The number of hydrogen-bond acceptors (Lipinski definition) is 6. The molecule has 1 aromatic carbocycles. The highest BCUT2D eigenvalue weighted by molar-refractivity contribution is 5.95. The second-order valence-corrected chi connectivity index (χ2v) is 11.3. The molecule has 0 bridgehead atoms.